The molecule has 31 heavy (non-hydrogen) atoms. The molecule has 0 saturated carbocycles. The number of ether oxygens (including phenoxy) is 1. The molecular formula is C21H14ClI2N3O4. The van der Waals surface area contributed by atoms with Gasteiger partial charge in [0.2, 0.25) is 0 Å². The first kappa shape index (κ1) is 23.4. The Morgan fingerprint density at radius 1 is 1.13 bits per heavy atom. The molecule has 0 radical (unpaired) electrons. The van der Waals surface area contributed by atoms with Gasteiger partial charge < -0.3 is 4.74 Å². The van der Waals surface area contributed by atoms with Crippen molar-refractivity contribution in [2.75, 3.05) is 0 Å². The zero-order valence-electron chi connectivity index (χ0n) is 15.7. The second kappa shape index (κ2) is 10.9. The van der Waals surface area contributed by atoms with Gasteiger partial charge in [0, 0.05) is 16.7 Å². The number of carbonyl (C=O) groups excluding carboxylic acids is 1. The molecular weight excluding hydrogens is 648 g/mol. The van der Waals surface area contributed by atoms with Gasteiger partial charge in [0.1, 0.15) is 17.9 Å². The molecule has 3 rings (SSSR count). The van der Waals surface area contributed by atoms with Crippen LogP contribution in [-0.2, 0) is 6.61 Å². The van der Waals surface area contributed by atoms with Crippen molar-refractivity contribution < 1.29 is 14.5 Å². The Morgan fingerprint density at radius 2 is 1.77 bits per heavy atom. The fourth-order valence-electron chi connectivity index (χ4n) is 2.61. The summed E-state index contributed by atoms with van der Waals surface area (Å²) in [7, 11) is 0. The molecule has 0 heterocycles. The fraction of sp³-hybridized carbons (Fsp3) is 0.0476. The highest BCUT2D eigenvalue weighted by Crippen LogP contribution is 2.30. The summed E-state index contributed by atoms with van der Waals surface area (Å²) in [4.78, 5) is 22.7. The number of nitro groups is 1. The van der Waals surface area contributed by atoms with Gasteiger partial charge in [-0.1, -0.05) is 41.9 Å². The van der Waals surface area contributed by atoms with Crippen LogP contribution in [0.15, 0.2) is 65.8 Å². The maximum absolute atomic E-state index is 12.2. The van der Waals surface area contributed by atoms with Crippen LogP contribution in [0, 0.1) is 17.3 Å². The molecule has 0 atom stereocenters. The van der Waals surface area contributed by atoms with Crippen molar-refractivity contribution in [3.63, 3.8) is 0 Å². The smallest absolute Gasteiger partial charge is 0.282 e. The number of carbonyl (C=O) groups is 1. The molecule has 0 saturated heterocycles. The van der Waals surface area contributed by atoms with E-state index in [-0.39, 0.29) is 11.3 Å². The van der Waals surface area contributed by atoms with Gasteiger partial charge in [0.05, 0.1) is 18.3 Å². The lowest BCUT2D eigenvalue weighted by molar-refractivity contribution is -0.385. The molecule has 0 aliphatic rings. The predicted octanol–water partition coefficient (Wildman–Crippen LogP) is 5.80. The van der Waals surface area contributed by atoms with Crippen molar-refractivity contribution in [2.24, 2.45) is 5.10 Å². The SMILES string of the molecule is O=C(N/N=C\c1cc(I)c(OCc2ccccc2Cl)c(I)c1)c1ccccc1[N+](=O)[O-]. The molecule has 3 aromatic rings. The molecule has 0 spiro atoms. The number of nitrogens with one attached hydrogen (secondary N) is 1. The zero-order valence-corrected chi connectivity index (χ0v) is 20.8. The summed E-state index contributed by atoms with van der Waals surface area (Å²) in [6.07, 6.45) is 1.47. The van der Waals surface area contributed by atoms with Gasteiger partial charge in [-0.2, -0.15) is 5.10 Å². The predicted molar refractivity (Wildman–Crippen MR) is 136 cm³/mol. The summed E-state index contributed by atoms with van der Waals surface area (Å²) >= 11 is 10.5. The van der Waals surface area contributed by atoms with E-state index in [0.29, 0.717) is 11.6 Å². The Hall–Kier alpha value is -2.25. The van der Waals surface area contributed by atoms with E-state index >= 15 is 0 Å². The standard InChI is InChI=1S/C21H14ClI2N3O4/c22-16-7-3-1-5-14(16)12-31-20-17(23)9-13(10-18(20)24)11-25-26-21(28)15-6-2-4-8-19(15)27(29)30/h1-11H,12H2,(H,26,28)/b25-11-. The lowest BCUT2D eigenvalue weighted by Gasteiger charge is -2.12. The van der Waals surface area contributed by atoms with Gasteiger partial charge in [0.25, 0.3) is 11.6 Å². The van der Waals surface area contributed by atoms with Crippen LogP contribution in [0.1, 0.15) is 21.5 Å². The maximum Gasteiger partial charge on any atom is 0.282 e. The van der Waals surface area contributed by atoms with Crippen LogP contribution in [0.25, 0.3) is 0 Å². The first-order valence-electron chi connectivity index (χ1n) is 8.79. The van der Waals surface area contributed by atoms with E-state index in [4.69, 9.17) is 16.3 Å². The Balaban J connectivity index is 1.69. The third kappa shape index (κ3) is 6.14. The minimum atomic E-state index is -0.660. The normalized spacial score (nSPS) is 10.8. The average Bonchev–Trinajstić information content (AvgIpc) is 2.74. The summed E-state index contributed by atoms with van der Waals surface area (Å²) in [5, 5.41) is 15.6. The van der Waals surface area contributed by atoms with Crippen LogP contribution in [0.3, 0.4) is 0 Å². The summed E-state index contributed by atoms with van der Waals surface area (Å²) in [5.41, 5.74) is 3.61. The second-order valence-corrected chi connectivity index (χ2v) is 8.90. The molecule has 0 fully saturated rings. The van der Waals surface area contributed by atoms with Crippen LogP contribution < -0.4 is 10.2 Å². The van der Waals surface area contributed by atoms with Gasteiger partial charge in [-0.3, -0.25) is 14.9 Å². The first-order chi connectivity index (χ1) is 14.9. The molecule has 10 heteroatoms. The fourth-order valence-corrected chi connectivity index (χ4v) is 4.93. The van der Waals surface area contributed by atoms with Crippen LogP contribution in [0.2, 0.25) is 5.02 Å². The number of benzene rings is 3. The topological polar surface area (TPSA) is 93.8 Å². The van der Waals surface area contributed by atoms with Gasteiger partial charge in [-0.05, 0) is 75.0 Å². The van der Waals surface area contributed by atoms with Gasteiger partial charge in [0.15, 0.2) is 0 Å². The largest absolute Gasteiger partial charge is 0.487 e. The second-order valence-electron chi connectivity index (χ2n) is 6.17. The molecule has 1 N–H and O–H groups in total. The molecule has 158 valence electrons. The van der Waals surface area contributed by atoms with E-state index in [0.717, 1.165) is 24.0 Å². The van der Waals surface area contributed by atoms with Gasteiger partial charge >= 0.3 is 0 Å². The number of para-hydroxylation sites is 1. The molecule has 0 unspecified atom stereocenters. The summed E-state index contributed by atoms with van der Waals surface area (Å²) in [6, 6.07) is 16.9. The zero-order chi connectivity index (χ0) is 22.4. The summed E-state index contributed by atoms with van der Waals surface area (Å²) in [6.45, 7) is 0.338. The van der Waals surface area contributed by atoms with E-state index in [1.54, 1.807) is 6.07 Å². The molecule has 0 aromatic heterocycles. The number of hydrogen-bond donors (Lipinski definition) is 1. The van der Waals surface area contributed by atoms with Crippen molar-refractivity contribution in [3.05, 3.63) is 99.6 Å². The van der Waals surface area contributed by atoms with Crippen molar-refractivity contribution >= 4 is 74.6 Å². The molecule has 0 aliphatic carbocycles. The number of rotatable bonds is 7. The van der Waals surface area contributed by atoms with E-state index < -0.39 is 10.8 Å². The van der Waals surface area contributed by atoms with Crippen molar-refractivity contribution in [1.82, 2.24) is 5.43 Å². The summed E-state index contributed by atoms with van der Waals surface area (Å²) in [5.74, 6) is 0.0647. The first-order valence-corrected chi connectivity index (χ1v) is 11.3. The lowest BCUT2D eigenvalue weighted by Crippen LogP contribution is -2.19. The van der Waals surface area contributed by atoms with E-state index in [9.17, 15) is 14.9 Å². The summed E-state index contributed by atoms with van der Waals surface area (Å²) < 4.78 is 7.68. The van der Waals surface area contributed by atoms with Crippen LogP contribution in [-0.4, -0.2) is 17.0 Å². The maximum atomic E-state index is 12.2. The molecule has 3 aromatic carbocycles. The molecule has 7 nitrogen and oxygen atoms in total. The number of halogens is 3. The highest BCUT2D eigenvalue weighted by molar-refractivity contribution is 14.1. The van der Waals surface area contributed by atoms with E-state index in [1.807, 2.05) is 36.4 Å². The third-order valence-corrected chi connectivity index (χ3v) is 6.05. The van der Waals surface area contributed by atoms with E-state index in [2.05, 4.69) is 55.7 Å². The van der Waals surface area contributed by atoms with Crippen molar-refractivity contribution in [3.8, 4) is 5.75 Å². The molecule has 0 aliphatic heterocycles. The van der Waals surface area contributed by atoms with Gasteiger partial charge in [-0.15, -0.1) is 0 Å². The quantitative estimate of drug-likeness (QED) is 0.150. The lowest BCUT2D eigenvalue weighted by atomic mass is 10.2. The minimum Gasteiger partial charge on any atom is -0.487 e. The average molecular weight is 662 g/mol. The molecule has 1 amide bonds. The monoisotopic (exact) mass is 661 g/mol. The highest BCUT2D eigenvalue weighted by atomic mass is 127. The van der Waals surface area contributed by atoms with Crippen LogP contribution in [0.5, 0.6) is 5.75 Å². The highest BCUT2D eigenvalue weighted by Gasteiger charge is 2.18. The number of nitro benzene ring substituents is 1. The Labute approximate surface area is 210 Å². The molecule has 0 bridgehead atoms. The van der Waals surface area contributed by atoms with Crippen molar-refractivity contribution in [1.29, 1.82) is 0 Å². The number of hydrazone groups is 1. The minimum absolute atomic E-state index is 0.0582. The van der Waals surface area contributed by atoms with Gasteiger partial charge in [-0.25, -0.2) is 5.43 Å². The van der Waals surface area contributed by atoms with Crippen LogP contribution >= 0.6 is 56.8 Å². The van der Waals surface area contributed by atoms with E-state index in [1.165, 1.54) is 24.4 Å². The Kier molecular flexibility index (Phi) is 8.21. The van der Waals surface area contributed by atoms with Crippen molar-refractivity contribution in [2.45, 2.75) is 6.61 Å². The van der Waals surface area contributed by atoms with Crippen LogP contribution in [0.4, 0.5) is 5.69 Å². The number of hydrogen-bond acceptors (Lipinski definition) is 5. The Bertz CT molecular complexity index is 1150. The number of nitrogens with zero attached hydrogens (tertiary/aromatic N) is 2. The Morgan fingerprint density at radius 3 is 2.45 bits per heavy atom. The number of amides is 1. The third-order valence-electron chi connectivity index (χ3n) is 4.08.